The summed E-state index contributed by atoms with van der Waals surface area (Å²) in [4.78, 5) is 0. The van der Waals surface area contributed by atoms with Crippen molar-refractivity contribution in [2.75, 3.05) is 0 Å². The molecule has 1 nitrogen and oxygen atoms in total. The van der Waals surface area contributed by atoms with Crippen LogP contribution in [0.25, 0.3) is 0 Å². The van der Waals surface area contributed by atoms with Crippen molar-refractivity contribution in [3.63, 3.8) is 0 Å². The molecule has 2 N–H and O–H groups in total. The first-order valence-corrected chi connectivity index (χ1v) is 6.22. The van der Waals surface area contributed by atoms with Crippen LogP contribution in [-0.2, 0) is 5.41 Å². The highest BCUT2D eigenvalue weighted by Crippen LogP contribution is 2.50. The van der Waals surface area contributed by atoms with Crippen molar-refractivity contribution in [1.82, 2.24) is 0 Å². The quantitative estimate of drug-likeness (QED) is 0.872. The average molecular weight is 268 g/mol. The Labute approximate surface area is 100 Å². The fourth-order valence-electron chi connectivity index (χ4n) is 2.30. The van der Waals surface area contributed by atoms with E-state index < -0.39 is 0 Å². The lowest BCUT2D eigenvalue weighted by Gasteiger charge is -2.34. The maximum absolute atomic E-state index is 6.36. The molecular weight excluding hydrogens is 250 g/mol. The lowest BCUT2D eigenvalue weighted by Crippen LogP contribution is -2.43. The monoisotopic (exact) mass is 267 g/mol. The molecule has 15 heavy (non-hydrogen) atoms. The van der Waals surface area contributed by atoms with Crippen molar-refractivity contribution in [1.29, 1.82) is 0 Å². The highest BCUT2D eigenvalue weighted by atomic mass is 79.9. The molecule has 1 aromatic carbocycles. The summed E-state index contributed by atoms with van der Waals surface area (Å²) in [5, 5.41) is 0. The zero-order valence-corrected chi connectivity index (χ0v) is 11.2. The Hall–Kier alpha value is -0.340. The van der Waals surface area contributed by atoms with E-state index in [1.54, 1.807) is 0 Å². The van der Waals surface area contributed by atoms with Gasteiger partial charge in [0.2, 0.25) is 0 Å². The SMILES string of the molecule is Cc1ccc(Br)cc1C(C)(C)C1(N)CC1. The number of aryl methyl sites for hydroxylation is 1. The fraction of sp³-hybridized carbons (Fsp3) is 0.538. The number of hydrogen-bond acceptors (Lipinski definition) is 1. The first-order chi connectivity index (χ1) is 6.87. The van der Waals surface area contributed by atoms with Crippen molar-refractivity contribution in [3.05, 3.63) is 33.8 Å². The van der Waals surface area contributed by atoms with Gasteiger partial charge < -0.3 is 5.73 Å². The Bertz CT molecular complexity index is 392. The van der Waals surface area contributed by atoms with E-state index in [1.807, 2.05) is 0 Å². The molecular formula is C13H18BrN. The molecule has 0 amide bonds. The molecule has 1 aliphatic carbocycles. The van der Waals surface area contributed by atoms with Crippen LogP contribution in [0.2, 0.25) is 0 Å². The van der Waals surface area contributed by atoms with Crippen molar-refractivity contribution < 1.29 is 0 Å². The van der Waals surface area contributed by atoms with Gasteiger partial charge in [-0.25, -0.2) is 0 Å². The second-order valence-corrected chi connectivity index (χ2v) is 6.16. The van der Waals surface area contributed by atoms with Crippen LogP contribution in [0.15, 0.2) is 22.7 Å². The van der Waals surface area contributed by atoms with E-state index in [0.29, 0.717) is 0 Å². The van der Waals surface area contributed by atoms with Gasteiger partial charge in [0.25, 0.3) is 0 Å². The van der Waals surface area contributed by atoms with Crippen molar-refractivity contribution in [3.8, 4) is 0 Å². The topological polar surface area (TPSA) is 26.0 Å². The predicted octanol–water partition coefficient (Wildman–Crippen LogP) is 3.53. The molecule has 0 saturated heterocycles. The van der Waals surface area contributed by atoms with Gasteiger partial charge >= 0.3 is 0 Å². The minimum Gasteiger partial charge on any atom is -0.324 e. The molecule has 0 atom stereocenters. The van der Waals surface area contributed by atoms with E-state index in [2.05, 4.69) is 54.9 Å². The van der Waals surface area contributed by atoms with Crippen LogP contribution >= 0.6 is 15.9 Å². The molecule has 0 aromatic heterocycles. The normalized spacial score (nSPS) is 19.0. The molecule has 1 fully saturated rings. The maximum atomic E-state index is 6.36. The Morgan fingerprint density at radius 1 is 1.33 bits per heavy atom. The van der Waals surface area contributed by atoms with Gasteiger partial charge in [-0.2, -0.15) is 0 Å². The van der Waals surface area contributed by atoms with E-state index in [0.717, 1.165) is 17.3 Å². The summed E-state index contributed by atoms with van der Waals surface area (Å²) in [5.74, 6) is 0. The van der Waals surface area contributed by atoms with Gasteiger partial charge in [-0.3, -0.25) is 0 Å². The third kappa shape index (κ3) is 1.74. The second-order valence-electron chi connectivity index (χ2n) is 5.24. The minimum absolute atomic E-state index is 0.0125. The Morgan fingerprint density at radius 2 is 1.93 bits per heavy atom. The molecule has 1 aromatic rings. The summed E-state index contributed by atoms with van der Waals surface area (Å²) in [6.45, 7) is 6.68. The molecule has 0 heterocycles. The third-order valence-corrected chi connectivity index (χ3v) is 4.40. The Kier molecular flexibility index (Phi) is 2.47. The van der Waals surface area contributed by atoms with Gasteiger partial charge in [-0.05, 0) is 43.0 Å². The van der Waals surface area contributed by atoms with E-state index >= 15 is 0 Å². The number of hydrogen-bond donors (Lipinski definition) is 1. The summed E-state index contributed by atoms with van der Waals surface area (Å²) in [6, 6.07) is 6.46. The van der Waals surface area contributed by atoms with Crippen LogP contribution in [0.3, 0.4) is 0 Å². The van der Waals surface area contributed by atoms with Crippen LogP contribution in [0, 0.1) is 6.92 Å². The van der Waals surface area contributed by atoms with Crippen molar-refractivity contribution in [2.45, 2.75) is 44.6 Å². The first-order valence-electron chi connectivity index (χ1n) is 5.42. The van der Waals surface area contributed by atoms with Gasteiger partial charge in [0.15, 0.2) is 0 Å². The minimum atomic E-state index is 0.0125. The standard InChI is InChI=1S/C13H18BrN/c1-9-4-5-10(14)8-11(9)12(2,3)13(15)6-7-13/h4-5,8H,6-7,15H2,1-3H3. The summed E-state index contributed by atoms with van der Waals surface area (Å²) in [5.41, 5.74) is 9.15. The highest BCUT2D eigenvalue weighted by Gasteiger charge is 2.52. The second kappa shape index (κ2) is 3.33. The Morgan fingerprint density at radius 3 is 2.47 bits per heavy atom. The summed E-state index contributed by atoms with van der Waals surface area (Å²) in [6.07, 6.45) is 2.29. The molecule has 2 rings (SSSR count). The lowest BCUT2D eigenvalue weighted by molar-refractivity contribution is 0.389. The number of nitrogens with two attached hydrogens (primary N) is 1. The largest absolute Gasteiger partial charge is 0.324 e. The van der Waals surface area contributed by atoms with Gasteiger partial charge in [-0.1, -0.05) is 35.8 Å². The van der Waals surface area contributed by atoms with Gasteiger partial charge in [0.1, 0.15) is 0 Å². The third-order valence-electron chi connectivity index (χ3n) is 3.91. The van der Waals surface area contributed by atoms with Crippen LogP contribution in [0.4, 0.5) is 0 Å². The van der Waals surface area contributed by atoms with Crippen LogP contribution in [-0.4, -0.2) is 5.54 Å². The predicted molar refractivity (Wildman–Crippen MR) is 68.1 cm³/mol. The summed E-state index contributed by atoms with van der Waals surface area (Å²) < 4.78 is 1.14. The van der Waals surface area contributed by atoms with Crippen molar-refractivity contribution >= 4 is 15.9 Å². The van der Waals surface area contributed by atoms with E-state index in [9.17, 15) is 0 Å². The molecule has 1 aliphatic rings. The van der Waals surface area contributed by atoms with E-state index in [-0.39, 0.29) is 11.0 Å². The fourth-order valence-corrected chi connectivity index (χ4v) is 2.66. The lowest BCUT2D eigenvalue weighted by atomic mass is 9.74. The molecule has 2 heteroatoms. The van der Waals surface area contributed by atoms with Gasteiger partial charge in [0, 0.05) is 15.4 Å². The highest BCUT2D eigenvalue weighted by molar-refractivity contribution is 9.10. The van der Waals surface area contributed by atoms with E-state index in [4.69, 9.17) is 5.73 Å². The molecule has 0 unspecified atom stereocenters. The average Bonchev–Trinajstić information content (AvgIpc) is 2.89. The van der Waals surface area contributed by atoms with E-state index in [1.165, 1.54) is 11.1 Å². The van der Waals surface area contributed by atoms with Crippen LogP contribution in [0.5, 0.6) is 0 Å². The molecule has 0 bridgehead atoms. The first kappa shape index (κ1) is 11.2. The Balaban J connectivity index is 2.48. The van der Waals surface area contributed by atoms with Gasteiger partial charge in [-0.15, -0.1) is 0 Å². The number of benzene rings is 1. The number of halogens is 1. The number of rotatable bonds is 2. The van der Waals surface area contributed by atoms with Crippen molar-refractivity contribution in [2.24, 2.45) is 5.73 Å². The molecule has 1 saturated carbocycles. The molecule has 0 spiro atoms. The smallest absolute Gasteiger partial charge is 0.0248 e. The maximum Gasteiger partial charge on any atom is 0.0248 e. The molecule has 0 radical (unpaired) electrons. The zero-order chi connectivity index (χ0) is 11.3. The van der Waals surface area contributed by atoms with Crippen LogP contribution in [0.1, 0.15) is 37.8 Å². The molecule has 82 valence electrons. The summed E-state index contributed by atoms with van der Waals surface area (Å²) in [7, 11) is 0. The van der Waals surface area contributed by atoms with Crippen LogP contribution < -0.4 is 5.73 Å². The summed E-state index contributed by atoms with van der Waals surface area (Å²) >= 11 is 3.54. The van der Waals surface area contributed by atoms with Gasteiger partial charge in [0.05, 0.1) is 0 Å². The molecule has 0 aliphatic heterocycles. The zero-order valence-electron chi connectivity index (χ0n) is 9.60.